The third-order valence-electron chi connectivity index (χ3n) is 4.35. The lowest BCUT2D eigenvalue weighted by atomic mass is 10.1. The number of aliphatic carboxylic acids is 1. The van der Waals surface area contributed by atoms with Gasteiger partial charge in [-0.15, -0.1) is 0 Å². The Morgan fingerprint density at radius 3 is 2.66 bits per heavy atom. The summed E-state index contributed by atoms with van der Waals surface area (Å²) in [5.41, 5.74) is 0.707. The molecule has 148 valence electrons. The van der Waals surface area contributed by atoms with Crippen LogP contribution in [0.2, 0.25) is 5.02 Å². The molecular weight excluding hydrogens is 405 g/mol. The first-order chi connectivity index (χ1) is 13.6. The van der Waals surface area contributed by atoms with E-state index in [0.29, 0.717) is 32.6 Å². The minimum absolute atomic E-state index is 0.115. The number of carboxylic acid groups (broad SMARTS) is 1. The van der Waals surface area contributed by atoms with Gasteiger partial charge in [0.15, 0.2) is 0 Å². The second-order valence-corrected chi connectivity index (χ2v) is 6.93. The monoisotopic (exact) mass is 418 g/mol. The number of aromatic nitrogens is 1. The lowest BCUT2D eigenvalue weighted by Gasteiger charge is -2.12. The van der Waals surface area contributed by atoms with Crippen molar-refractivity contribution in [2.75, 3.05) is 0 Å². The highest BCUT2D eigenvalue weighted by molar-refractivity contribution is 6.36. The van der Waals surface area contributed by atoms with Crippen LogP contribution in [0.5, 0.6) is 0 Å². The van der Waals surface area contributed by atoms with E-state index in [-0.39, 0.29) is 6.54 Å². The van der Waals surface area contributed by atoms with Crippen molar-refractivity contribution in [3.8, 4) is 6.07 Å². The Labute approximate surface area is 169 Å². The summed E-state index contributed by atoms with van der Waals surface area (Å²) in [6, 6.07) is 10.5. The number of hydrogen-bond donors (Lipinski definition) is 1. The molecule has 0 saturated heterocycles. The fourth-order valence-corrected chi connectivity index (χ4v) is 3.47. The molecule has 0 radical (unpaired) electrons. The number of carbonyl (C=O) groups is 1. The molecule has 1 N–H and O–H groups in total. The van der Waals surface area contributed by atoms with Crippen molar-refractivity contribution in [3.05, 3.63) is 75.4 Å². The van der Waals surface area contributed by atoms with Gasteiger partial charge in [0.2, 0.25) is 0 Å². The Hall–Kier alpha value is -3.24. The van der Waals surface area contributed by atoms with E-state index in [9.17, 15) is 18.0 Å². The molecule has 0 unspecified atom stereocenters. The quantitative estimate of drug-likeness (QED) is 0.439. The van der Waals surface area contributed by atoms with E-state index < -0.39 is 23.3 Å². The van der Waals surface area contributed by atoms with Crippen molar-refractivity contribution in [2.45, 2.75) is 19.6 Å². The number of rotatable bonds is 4. The Kier molecular flexibility index (Phi) is 5.40. The average Bonchev–Trinajstić information content (AvgIpc) is 2.97. The lowest BCUT2D eigenvalue weighted by Crippen LogP contribution is -2.07. The van der Waals surface area contributed by atoms with Crippen LogP contribution in [0.1, 0.15) is 22.3 Å². The van der Waals surface area contributed by atoms with Crippen LogP contribution in [-0.2, 0) is 17.5 Å². The van der Waals surface area contributed by atoms with E-state index in [1.54, 1.807) is 48.0 Å². The van der Waals surface area contributed by atoms with E-state index in [2.05, 4.69) is 0 Å². The largest absolute Gasteiger partial charge is 0.477 e. The zero-order valence-electron chi connectivity index (χ0n) is 15.1. The minimum atomic E-state index is -4.46. The Balaban J connectivity index is 2.15. The molecule has 0 aliphatic heterocycles. The molecule has 0 fully saturated rings. The van der Waals surface area contributed by atoms with Crippen LogP contribution in [0.25, 0.3) is 17.0 Å². The summed E-state index contributed by atoms with van der Waals surface area (Å²) in [4.78, 5) is 11.2. The third kappa shape index (κ3) is 4.28. The number of aryl methyl sites for hydroxylation is 1. The maximum atomic E-state index is 13.1. The van der Waals surface area contributed by atoms with Crippen molar-refractivity contribution in [3.63, 3.8) is 0 Å². The molecule has 3 rings (SSSR count). The fraction of sp³-hybridized carbons (Fsp3) is 0.143. The number of benzene rings is 2. The van der Waals surface area contributed by atoms with E-state index in [0.717, 1.165) is 12.1 Å². The van der Waals surface area contributed by atoms with Crippen molar-refractivity contribution in [2.24, 2.45) is 0 Å². The van der Waals surface area contributed by atoms with Gasteiger partial charge in [0.25, 0.3) is 0 Å². The number of halogens is 4. The molecule has 1 heterocycles. The van der Waals surface area contributed by atoms with Gasteiger partial charge in [0.05, 0.1) is 16.1 Å². The van der Waals surface area contributed by atoms with Crippen LogP contribution < -0.4 is 0 Å². The van der Waals surface area contributed by atoms with Gasteiger partial charge in [-0.1, -0.05) is 29.3 Å². The van der Waals surface area contributed by atoms with E-state index >= 15 is 0 Å². The summed E-state index contributed by atoms with van der Waals surface area (Å²) < 4.78 is 41.1. The van der Waals surface area contributed by atoms with Crippen LogP contribution in [0.4, 0.5) is 13.2 Å². The SMILES string of the molecule is Cc1cc(Cn2cc(/C=C(\C#N)C(=O)O)c3c(Cl)cccc32)cc(C(F)(F)F)c1. The van der Waals surface area contributed by atoms with Crippen molar-refractivity contribution in [1.82, 2.24) is 4.57 Å². The van der Waals surface area contributed by atoms with Crippen LogP contribution in [0.15, 0.2) is 48.2 Å². The predicted molar refractivity (Wildman–Crippen MR) is 103 cm³/mol. The molecule has 0 atom stereocenters. The predicted octanol–water partition coefficient (Wildman–Crippen LogP) is 5.66. The summed E-state index contributed by atoms with van der Waals surface area (Å²) in [7, 11) is 0. The Morgan fingerprint density at radius 1 is 1.31 bits per heavy atom. The second-order valence-electron chi connectivity index (χ2n) is 6.53. The molecule has 0 amide bonds. The maximum absolute atomic E-state index is 13.1. The molecular formula is C21H14ClF3N2O2. The van der Waals surface area contributed by atoms with Gasteiger partial charge in [-0.25, -0.2) is 4.79 Å². The Morgan fingerprint density at radius 2 is 2.03 bits per heavy atom. The number of fused-ring (bicyclic) bond motifs is 1. The van der Waals surface area contributed by atoms with Gasteiger partial charge in [0.1, 0.15) is 11.6 Å². The molecule has 2 aromatic carbocycles. The molecule has 8 heteroatoms. The first kappa shape index (κ1) is 20.5. The first-order valence-corrected chi connectivity index (χ1v) is 8.78. The van der Waals surface area contributed by atoms with Crippen molar-refractivity contribution >= 4 is 34.5 Å². The number of nitriles is 1. The third-order valence-corrected chi connectivity index (χ3v) is 4.67. The highest BCUT2D eigenvalue weighted by Gasteiger charge is 2.30. The highest BCUT2D eigenvalue weighted by atomic mass is 35.5. The van der Waals surface area contributed by atoms with E-state index in [1.165, 1.54) is 6.08 Å². The number of hydrogen-bond acceptors (Lipinski definition) is 2. The molecule has 0 aliphatic rings. The summed E-state index contributed by atoms with van der Waals surface area (Å²) in [5.74, 6) is -1.38. The van der Waals surface area contributed by atoms with Crippen LogP contribution in [-0.4, -0.2) is 15.6 Å². The summed E-state index contributed by atoms with van der Waals surface area (Å²) in [6.45, 7) is 1.70. The van der Waals surface area contributed by atoms with Gasteiger partial charge in [0, 0.05) is 23.7 Å². The Bertz CT molecular complexity index is 1190. The van der Waals surface area contributed by atoms with Gasteiger partial charge in [-0.05, 0) is 42.8 Å². The summed E-state index contributed by atoms with van der Waals surface area (Å²) in [6.07, 6.45) is -1.68. The zero-order chi connectivity index (χ0) is 21.3. The maximum Gasteiger partial charge on any atom is 0.416 e. The smallest absolute Gasteiger partial charge is 0.416 e. The highest BCUT2D eigenvalue weighted by Crippen LogP contribution is 2.33. The molecule has 3 aromatic rings. The molecule has 0 saturated carbocycles. The van der Waals surface area contributed by atoms with Crippen LogP contribution >= 0.6 is 11.6 Å². The van der Waals surface area contributed by atoms with Gasteiger partial charge >= 0.3 is 12.1 Å². The average molecular weight is 419 g/mol. The molecule has 0 spiro atoms. The van der Waals surface area contributed by atoms with Crippen molar-refractivity contribution in [1.29, 1.82) is 5.26 Å². The molecule has 29 heavy (non-hydrogen) atoms. The fourth-order valence-electron chi connectivity index (χ4n) is 3.19. The topological polar surface area (TPSA) is 66.0 Å². The lowest BCUT2D eigenvalue weighted by molar-refractivity contribution is -0.137. The number of alkyl halides is 3. The van der Waals surface area contributed by atoms with Gasteiger partial charge in [-0.2, -0.15) is 18.4 Å². The standard InChI is InChI=1S/C21H14ClF3N2O2/c1-12-5-13(7-16(6-12)21(23,24)25)10-27-11-15(8-14(9-26)20(28)29)19-17(22)3-2-4-18(19)27/h2-8,11H,10H2,1H3,(H,28,29)/b14-8+. The second kappa shape index (κ2) is 7.64. The van der Waals surface area contributed by atoms with Gasteiger partial charge in [-0.3, -0.25) is 0 Å². The van der Waals surface area contributed by atoms with Gasteiger partial charge < -0.3 is 9.67 Å². The number of carboxylic acids is 1. The molecule has 4 nitrogen and oxygen atoms in total. The van der Waals surface area contributed by atoms with Crippen molar-refractivity contribution < 1.29 is 23.1 Å². The zero-order valence-corrected chi connectivity index (χ0v) is 15.8. The summed E-state index contributed by atoms with van der Waals surface area (Å²) >= 11 is 6.27. The first-order valence-electron chi connectivity index (χ1n) is 8.40. The molecule has 0 aliphatic carbocycles. The van der Waals surface area contributed by atoms with Crippen LogP contribution in [0, 0.1) is 18.3 Å². The molecule has 0 bridgehead atoms. The number of nitrogens with zero attached hydrogens (tertiary/aromatic N) is 2. The minimum Gasteiger partial charge on any atom is -0.477 e. The normalized spacial score (nSPS) is 12.2. The summed E-state index contributed by atoms with van der Waals surface area (Å²) in [5, 5.41) is 19.0. The molecule has 1 aromatic heterocycles. The van der Waals surface area contributed by atoms with E-state index in [4.69, 9.17) is 22.0 Å². The van der Waals surface area contributed by atoms with Crippen LogP contribution in [0.3, 0.4) is 0 Å². The van der Waals surface area contributed by atoms with E-state index in [1.807, 2.05) is 0 Å².